The first-order chi connectivity index (χ1) is 7.59. The third kappa shape index (κ3) is 3.20. The Hall–Kier alpha value is -1.07. The lowest BCUT2D eigenvalue weighted by Gasteiger charge is -2.37. The van der Waals surface area contributed by atoms with Crippen LogP contribution in [0.25, 0.3) is 0 Å². The summed E-state index contributed by atoms with van der Waals surface area (Å²) in [7, 11) is 0. The Bertz CT molecular complexity index is 364. The van der Waals surface area contributed by atoms with Gasteiger partial charge in [0.05, 0.1) is 17.8 Å². The van der Waals surface area contributed by atoms with Gasteiger partial charge in [0.25, 0.3) is 0 Å². The summed E-state index contributed by atoms with van der Waals surface area (Å²) < 4.78 is 0. The van der Waals surface area contributed by atoms with Gasteiger partial charge in [-0.15, -0.1) is 12.4 Å². The van der Waals surface area contributed by atoms with Gasteiger partial charge in [-0.3, -0.25) is 9.89 Å². The molecule has 1 heterocycles. The highest BCUT2D eigenvalue weighted by molar-refractivity contribution is 5.93. The van der Waals surface area contributed by atoms with Gasteiger partial charge in [-0.25, -0.2) is 0 Å². The average Bonchev–Trinajstić information content (AvgIpc) is 2.69. The average molecular weight is 259 g/mol. The maximum Gasteiger partial charge on any atom is 0.229 e. The van der Waals surface area contributed by atoms with Gasteiger partial charge in [0, 0.05) is 11.7 Å². The van der Waals surface area contributed by atoms with Crippen LogP contribution in [-0.2, 0) is 4.79 Å². The molecule has 0 aliphatic heterocycles. The second kappa shape index (κ2) is 5.51. The molecule has 4 N–H and O–H groups in total. The fourth-order valence-electron chi connectivity index (χ4n) is 2.34. The van der Waals surface area contributed by atoms with E-state index in [2.05, 4.69) is 15.5 Å². The van der Waals surface area contributed by atoms with E-state index in [4.69, 9.17) is 5.73 Å². The molecule has 6 heteroatoms. The van der Waals surface area contributed by atoms with Gasteiger partial charge in [0.2, 0.25) is 5.91 Å². The number of halogens is 1. The first kappa shape index (κ1) is 14.0. The number of carbonyl (C=O) groups is 1. The quantitative estimate of drug-likeness (QED) is 0.755. The van der Waals surface area contributed by atoms with E-state index < -0.39 is 0 Å². The van der Waals surface area contributed by atoms with Crippen LogP contribution in [0.15, 0.2) is 12.4 Å². The molecule has 0 spiro atoms. The van der Waals surface area contributed by atoms with Crippen molar-refractivity contribution < 1.29 is 4.79 Å². The second-order valence-corrected chi connectivity index (χ2v) is 4.78. The van der Waals surface area contributed by atoms with Crippen LogP contribution >= 0.6 is 12.4 Å². The molecule has 2 atom stereocenters. The second-order valence-electron chi connectivity index (χ2n) is 4.78. The third-order valence-corrected chi connectivity index (χ3v) is 3.34. The Balaban J connectivity index is 0.00000144. The lowest BCUT2D eigenvalue weighted by Crippen LogP contribution is -2.51. The number of nitrogens with two attached hydrogens (primary N) is 1. The van der Waals surface area contributed by atoms with Crippen LogP contribution in [0.2, 0.25) is 0 Å². The molecule has 2 unspecified atom stereocenters. The van der Waals surface area contributed by atoms with Crippen molar-refractivity contribution in [3.63, 3.8) is 0 Å². The summed E-state index contributed by atoms with van der Waals surface area (Å²) in [6, 6.07) is 0. The highest BCUT2D eigenvalue weighted by atomic mass is 35.5. The number of amides is 1. The smallest absolute Gasteiger partial charge is 0.229 e. The van der Waals surface area contributed by atoms with Crippen LogP contribution < -0.4 is 11.1 Å². The predicted octanol–water partition coefficient (Wildman–Crippen LogP) is 1.68. The molecule has 1 saturated carbocycles. The van der Waals surface area contributed by atoms with Crippen molar-refractivity contribution in [3.05, 3.63) is 12.4 Å². The molecule has 1 aliphatic rings. The Morgan fingerprint density at radius 1 is 1.65 bits per heavy atom. The molecule has 0 aromatic carbocycles. The van der Waals surface area contributed by atoms with Gasteiger partial charge >= 0.3 is 0 Å². The summed E-state index contributed by atoms with van der Waals surface area (Å²) in [6.45, 7) is 1.96. The summed E-state index contributed by atoms with van der Waals surface area (Å²) in [4.78, 5) is 12.0. The van der Waals surface area contributed by atoms with Gasteiger partial charge in [-0.2, -0.15) is 5.10 Å². The largest absolute Gasteiger partial charge is 0.325 e. The fraction of sp³-hybridized carbons (Fsp3) is 0.636. The molecule has 96 valence electrons. The highest BCUT2D eigenvalue weighted by Crippen LogP contribution is 2.32. The normalized spacial score (nSPS) is 28.2. The molecular formula is C11H19ClN4O. The number of anilines is 1. The van der Waals surface area contributed by atoms with Crippen molar-refractivity contribution >= 4 is 24.0 Å². The van der Waals surface area contributed by atoms with Gasteiger partial charge in [-0.1, -0.05) is 12.8 Å². The third-order valence-electron chi connectivity index (χ3n) is 3.34. The Morgan fingerprint density at radius 3 is 3.00 bits per heavy atom. The van der Waals surface area contributed by atoms with Crippen LogP contribution in [0.1, 0.15) is 32.6 Å². The highest BCUT2D eigenvalue weighted by Gasteiger charge is 2.37. The Kier molecular flexibility index (Phi) is 4.54. The van der Waals surface area contributed by atoms with E-state index in [1.165, 1.54) is 0 Å². The van der Waals surface area contributed by atoms with Crippen molar-refractivity contribution in [2.45, 2.75) is 38.1 Å². The molecule has 2 rings (SSSR count). The van der Waals surface area contributed by atoms with Crippen molar-refractivity contribution in [1.82, 2.24) is 10.2 Å². The van der Waals surface area contributed by atoms with Crippen LogP contribution in [0.3, 0.4) is 0 Å². The number of aromatic nitrogens is 2. The Morgan fingerprint density at radius 2 is 2.41 bits per heavy atom. The van der Waals surface area contributed by atoms with Gasteiger partial charge in [-0.05, 0) is 19.8 Å². The number of carbonyl (C=O) groups excluding carboxylic acids is 1. The van der Waals surface area contributed by atoms with Crippen LogP contribution in [-0.4, -0.2) is 21.6 Å². The standard InChI is InChI=1S/C11H18N4O.ClH/c1-11(12)5-3-2-4-9(11)10(16)15-8-6-13-14-7-8;/h6-7,9H,2-5,12H2,1H3,(H,13,14)(H,15,16);1H. The van der Waals surface area contributed by atoms with Crippen molar-refractivity contribution in [3.8, 4) is 0 Å². The van der Waals surface area contributed by atoms with Crippen molar-refractivity contribution in [2.75, 3.05) is 5.32 Å². The summed E-state index contributed by atoms with van der Waals surface area (Å²) in [5, 5.41) is 9.28. The predicted molar refractivity (Wildman–Crippen MR) is 69.0 cm³/mol. The number of rotatable bonds is 2. The molecule has 0 saturated heterocycles. The monoisotopic (exact) mass is 258 g/mol. The molecular weight excluding hydrogens is 240 g/mol. The SMILES string of the molecule is CC1(N)CCCCC1C(=O)Nc1cn[nH]c1.Cl. The lowest BCUT2D eigenvalue weighted by atomic mass is 9.74. The van der Waals surface area contributed by atoms with Crippen molar-refractivity contribution in [2.24, 2.45) is 11.7 Å². The van der Waals surface area contributed by atoms with E-state index in [0.29, 0.717) is 5.69 Å². The molecule has 5 nitrogen and oxygen atoms in total. The number of H-pyrrole nitrogens is 1. The van der Waals surface area contributed by atoms with E-state index in [9.17, 15) is 4.79 Å². The molecule has 1 amide bonds. The first-order valence-corrected chi connectivity index (χ1v) is 5.68. The minimum atomic E-state index is -0.383. The maximum atomic E-state index is 12.0. The maximum absolute atomic E-state index is 12.0. The molecule has 1 aliphatic carbocycles. The lowest BCUT2D eigenvalue weighted by molar-refractivity contribution is -0.122. The number of hydrogen-bond donors (Lipinski definition) is 3. The molecule has 17 heavy (non-hydrogen) atoms. The molecule has 0 radical (unpaired) electrons. The van der Waals surface area contributed by atoms with Crippen LogP contribution in [0.4, 0.5) is 5.69 Å². The van der Waals surface area contributed by atoms with E-state index >= 15 is 0 Å². The zero-order valence-electron chi connectivity index (χ0n) is 9.90. The first-order valence-electron chi connectivity index (χ1n) is 5.68. The minimum Gasteiger partial charge on any atom is -0.325 e. The topological polar surface area (TPSA) is 83.8 Å². The van der Waals surface area contributed by atoms with Gasteiger partial charge in [0.15, 0.2) is 0 Å². The number of aromatic amines is 1. The number of nitrogens with zero attached hydrogens (tertiary/aromatic N) is 1. The number of hydrogen-bond acceptors (Lipinski definition) is 3. The van der Waals surface area contributed by atoms with Gasteiger partial charge < -0.3 is 11.1 Å². The zero-order chi connectivity index (χ0) is 11.6. The van der Waals surface area contributed by atoms with Crippen LogP contribution in [0.5, 0.6) is 0 Å². The Labute approximate surface area is 107 Å². The summed E-state index contributed by atoms with van der Waals surface area (Å²) in [5.41, 5.74) is 6.49. The summed E-state index contributed by atoms with van der Waals surface area (Å²) in [5.74, 6) is -0.0951. The molecule has 1 aromatic heterocycles. The zero-order valence-corrected chi connectivity index (χ0v) is 10.7. The van der Waals surface area contributed by atoms with E-state index in [1.54, 1.807) is 12.4 Å². The van der Waals surface area contributed by atoms with E-state index in [1.807, 2.05) is 6.92 Å². The fourth-order valence-corrected chi connectivity index (χ4v) is 2.34. The van der Waals surface area contributed by atoms with Gasteiger partial charge in [0.1, 0.15) is 0 Å². The minimum absolute atomic E-state index is 0. The van der Waals surface area contributed by atoms with Crippen molar-refractivity contribution in [1.29, 1.82) is 0 Å². The number of nitrogens with one attached hydrogen (secondary N) is 2. The summed E-state index contributed by atoms with van der Waals surface area (Å²) >= 11 is 0. The van der Waals surface area contributed by atoms with Crippen LogP contribution in [0, 0.1) is 5.92 Å². The van der Waals surface area contributed by atoms with E-state index in [-0.39, 0.29) is 29.8 Å². The van der Waals surface area contributed by atoms with E-state index in [0.717, 1.165) is 25.7 Å². The summed E-state index contributed by atoms with van der Waals surface area (Å²) in [6.07, 6.45) is 7.23. The molecule has 1 fully saturated rings. The molecule has 0 bridgehead atoms. The molecule has 1 aromatic rings.